The number of rotatable bonds is 8. The van der Waals surface area contributed by atoms with Gasteiger partial charge in [0.1, 0.15) is 13.2 Å². The molecule has 0 saturated heterocycles. The van der Waals surface area contributed by atoms with Crippen molar-refractivity contribution in [3.63, 3.8) is 0 Å². The van der Waals surface area contributed by atoms with Gasteiger partial charge in [-0.2, -0.15) is 0 Å². The van der Waals surface area contributed by atoms with Gasteiger partial charge in [-0.15, -0.1) is 0 Å². The lowest BCUT2D eigenvalue weighted by atomic mass is 10.1. The second kappa shape index (κ2) is 8.36. The van der Waals surface area contributed by atoms with Crippen molar-refractivity contribution in [2.45, 2.75) is 25.0 Å². The van der Waals surface area contributed by atoms with E-state index >= 15 is 0 Å². The molecule has 0 spiro atoms. The van der Waals surface area contributed by atoms with E-state index in [2.05, 4.69) is 4.72 Å². The van der Waals surface area contributed by atoms with E-state index in [9.17, 15) is 8.42 Å². The van der Waals surface area contributed by atoms with Gasteiger partial charge in [-0.05, 0) is 42.5 Å². The van der Waals surface area contributed by atoms with E-state index in [4.69, 9.17) is 9.47 Å². The van der Waals surface area contributed by atoms with Gasteiger partial charge < -0.3 is 9.47 Å². The smallest absolute Gasteiger partial charge is 0.215 e. The summed E-state index contributed by atoms with van der Waals surface area (Å²) in [6, 6.07) is 15.2. The van der Waals surface area contributed by atoms with E-state index in [-0.39, 0.29) is 5.75 Å². The van der Waals surface area contributed by atoms with Gasteiger partial charge in [-0.3, -0.25) is 0 Å². The fraction of sp³-hybridized carbons (Fsp3) is 0.368. The Kier molecular flexibility index (Phi) is 5.94. The lowest BCUT2D eigenvalue weighted by molar-refractivity contribution is 0.171. The first kappa shape index (κ1) is 17.8. The van der Waals surface area contributed by atoms with E-state index in [1.807, 2.05) is 48.5 Å². The maximum atomic E-state index is 12.1. The number of fused-ring (bicyclic) bond motifs is 1. The summed E-state index contributed by atoms with van der Waals surface area (Å²) in [5.74, 6) is 1.62. The molecular weight excluding hydrogens is 338 g/mol. The van der Waals surface area contributed by atoms with Crippen LogP contribution in [0.5, 0.6) is 11.5 Å². The molecule has 2 aromatic rings. The lowest BCUT2D eigenvalue weighted by Gasteiger charge is -2.18. The van der Waals surface area contributed by atoms with Crippen LogP contribution in [-0.2, 0) is 22.2 Å². The highest BCUT2D eigenvalue weighted by Crippen LogP contribution is 2.31. The Hall–Kier alpha value is -2.05. The second-order valence-electron chi connectivity index (χ2n) is 6.07. The third-order valence-corrected chi connectivity index (χ3v) is 5.38. The van der Waals surface area contributed by atoms with Gasteiger partial charge in [0, 0.05) is 6.54 Å². The Morgan fingerprint density at radius 1 is 0.880 bits per heavy atom. The minimum absolute atomic E-state index is 0.0238. The van der Waals surface area contributed by atoms with E-state index < -0.39 is 10.0 Å². The second-order valence-corrected chi connectivity index (χ2v) is 7.88. The summed E-state index contributed by atoms with van der Waals surface area (Å²) >= 11 is 0. The quantitative estimate of drug-likeness (QED) is 0.734. The van der Waals surface area contributed by atoms with E-state index in [1.54, 1.807) is 0 Å². The Labute approximate surface area is 149 Å². The predicted molar refractivity (Wildman–Crippen MR) is 97.4 cm³/mol. The van der Waals surface area contributed by atoms with Crippen LogP contribution in [0, 0.1) is 0 Å². The molecule has 0 amide bonds. The number of hydrogen-bond donors (Lipinski definition) is 1. The number of hydrogen-bond acceptors (Lipinski definition) is 4. The van der Waals surface area contributed by atoms with Crippen molar-refractivity contribution in [2.24, 2.45) is 0 Å². The van der Waals surface area contributed by atoms with Gasteiger partial charge in [-0.25, -0.2) is 13.1 Å². The third kappa shape index (κ3) is 5.47. The van der Waals surface area contributed by atoms with Gasteiger partial charge in [-0.1, -0.05) is 36.4 Å². The van der Waals surface area contributed by atoms with E-state index in [0.29, 0.717) is 19.8 Å². The normalized spacial score (nSPS) is 13.6. The molecule has 0 aliphatic carbocycles. The monoisotopic (exact) mass is 361 g/mol. The van der Waals surface area contributed by atoms with Gasteiger partial charge in [0.25, 0.3) is 0 Å². The summed E-state index contributed by atoms with van der Waals surface area (Å²) < 4.78 is 37.9. The van der Waals surface area contributed by atoms with E-state index in [0.717, 1.165) is 36.3 Å². The first-order chi connectivity index (χ1) is 12.1. The van der Waals surface area contributed by atoms with Gasteiger partial charge in [0.2, 0.25) is 10.0 Å². The first-order valence-corrected chi connectivity index (χ1v) is 10.2. The molecule has 0 fully saturated rings. The molecule has 0 unspecified atom stereocenters. The van der Waals surface area contributed by atoms with E-state index in [1.165, 1.54) is 5.56 Å². The average molecular weight is 361 g/mol. The molecule has 1 aliphatic rings. The number of aryl methyl sites for hydroxylation is 1. The van der Waals surface area contributed by atoms with Crippen molar-refractivity contribution in [1.82, 2.24) is 4.72 Å². The molecule has 25 heavy (non-hydrogen) atoms. The molecule has 1 N–H and O–H groups in total. The summed E-state index contributed by atoms with van der Waals surface area (Å²) in [5.41, 5.74) is 1.97. The van der Waals surface area contributed by atoms with Crippen molar-refractivity contribution >= 4 is 10.0 Å². The first-order valence-electron chi connectivity index (χ1n) is 8.52. The van der Waals surface area contributed by atoms with Crippen molar-refractivity contribution in [3.05, 3.63) is 59.7 Å². The predicted octanol–water partition coefficient (Wildman–Crippen LogP) is 2.90. The van der Waals surface area contributed by atoms with Crippen LogP contribution in [0.25, 0.3) is 0 Å². The fourth-order valence-electron chi connectivity index (χ4n) is 2.77. The maximum absolute atomic E-state index is 12.1. The Morgan fingerprint density at radius 3 is 2.44 bits per heavy atom. The fourth-order valence-corrected chi connectivity index (χ4v) is 3.96. The Balaban J connectivity index is 1.40. The number of benzene rings is 2. The zero-order valence-electron chi connectivity index (χ0n) is 14.1. The Morgan fingerprint density at radius 2 is 1.64 bits per heavy atom. The summed E-state index contributed by atoms with van der Waals surface area (Å²) in [4.78, 5) is 0. The van der Waals surface area contributed by atoms with Crippen LogP contribution >= 0.6 is 0 Å². The summed E-state index contributed by atoms with van der Waals surface area (Å²) in [7, 11) is -3.28. The van der Waals surface area contributed by atoms with Crippen LogP contribution in [0.2, 0.25) is 0 Å². The van der Waals surface area contributed by atoms with Gasteiger partial charge in [0.15, 0.2) is 11.5 Å². The molecule has 1 aliphatic heterocycles. The van der Waals surface area contributed by atoms with Crippen LogP contribution < -0.4 is 14.2 Å². The number of unbranched alkanes of at least 4 members (excludes halogenated alkanes) is 1. The topological polar surface area (TPSA) is 64.6 Å². The molecule has 0 atom stereocenters. The average Bonchev–Trinajstić information content (AvgIpc) is 2.61. The van der Waals surface area contributed by atoms with Crippen molar-refractivity contribution < 1.29 is 17.9 Å². The lowest BCUT2D eigenvalue weighted by Crippen LogP contribution is -2.26. The minimum Gasteiger partial charge on any atom is -0.486 e. The van der Waals surface area contributed by atoms with Gasteiger partial charge in [0.05, 0.1) is 5.75 Å². The zero-order chi connectivity index (χ0) is 17.5. The molecule has 5 nitrogen and oxygen atoms in total. The summed E-state index contributed by atoms with van der Waals surface area (Å²) in [6.45, 7) is 1.63. The van der Waals surface area contributed by atoms with Crippen molar-refractivity contribution in [3.8, 4) is 11.5 Å². The highest BCUT2D eigenvalue weighted by atomic mass is 32.2. The highest BCUT2D eigenvalue weighted by molar-refractivity contribution is 7.88. The third-order valence-electron chi connectivity index (χ3n) is 4.02. The molecule has 0 bridgehead atoms. The molecule has 3 rings (SSSR count). The molecule has 1 heterocycles. The molecular formula is C19H23NO4S. The Bertz CT molecular complexity index is 790. The van der Waals surface area contributed by atoms with Crippen molar-refractivity contribution in [2.75, 3.05) is 19.8 Å². The van der Waals surface area contributed by atoms with Crippen LogP contribution in [0.15, 0.2) is 48.5 Å². The highest BCUT2D eigenvalue weighted by Gasteiger charge is 2.12. The maximum Gasteiger partial charge on any atom is 0.215 e. The summed E-state index contributed by atoms with van der Waals surface area (Å²) in [5, 5.41) is 0. The van der Waals surface area contributed by atoms with Crippen LogP contribution in [0.3, 0.4) is 0 Å². The molecule has 0 saturated carbocycles. The van der Waals surface area contributed by atoms with Crippen LogP contribution in [0.4, 0.5) is 0 Å². The molecule has 134 valence electrons. The SMILES string of the molecule is O=S(=O)(Cc1ccccc1)NCCCCc1ccc2c(c1)OCCO2. The van der Waals surface area contributed by atoms with Crippen LogP contribution in [0.1, 0.15) is 24.0 Å². The number of ether oxygens (including phenoxy) is 2. The minimum atomic E-state index is -3.28. The number of sulfonamides is 1. The van der Waals surface area contributed by atoms with Gasteiger partial charge >= 0.3 is 0 Å². The number of nitrogens with one attached hydrogen (secondary N) is 1. The van der Waals surface area contributed by atoms with Crippen LogP contribution in [-0.4, -0.2) is 28.2 Å². The van der Waals surface area contributed by atoms with Crippen molar-refractivity contribution in [1.29, 1.82) is 0 Å². The molecule has 6 heteroatoms. The molecule has 0 radical (unpaired) electrons. The zero-order valence-corrected chi connectivity index (χ0v) is 14.9. The largest absolute Gasteiger partial charge is 0.486 e. The molecule has 0 aromatic heterocycles. The molecule has 2 aromatic carbocycles. The standard InChI is InChI=1S/C19H23NO4S/c21-25(22,15-17-7-2-1-3-8-17)20-11-5-4-6-16-9-10-18-19(14-16)24-13-12-23-18/h1-3,7-10,14,20H,4-6,11-13,15H2. The summed E-state index contributed by atoms with van der Waals surface area (Å²) in [6.07, 6.45) is 2.59.